The zero-order valence-electron chi connectivity index (χ0n) is 19.6. The zero-order chi connectivity index (χ0) is 24.5. The minimum Gasteiger partial charge on any atom is -0.481 e. The van der Waals surface area contributed by atoms with E-state index in [4.69, 9.17) is 4.74 Å². The van der Waals surface area contributed by atoms with Crippen LogP contribution in [0, 0.1) is 17.8 Å². The number of carboxylic acid groups (broad SMARTS) is 1. The van der Waals surface area contributed by atoms with E-state index < -0.39 is 18.1 Å². The first-order valence-corrected chi connectivity index (χ1v) is 12.2. The van der Waals surface area contributed by atoms with E-state index in [9.17, 15) is 19.5 Å². The average Bonchev–Trinajstić information content (AvgIpc) is 3.33. The molecule has 7 nitrogen and oxygen atoms in total. The maximum atomic E-state index is 13.3. The van der Waals surface area contributed by atoms with Gasteiger partial charge in [-0.05, 0) is 53.4 Å². The van der Waals surface area contributed by atoms with Crippen molar-refractivity contribution in [2.24, 2.45) is 17.8 Å². The zero-order valence-corrected chi connectivity index (χ0v) is 19.6. The highest BCUT2D eigenvalue weighted by Gasteiger charge is 2.47. The molecule has 35 heavy (non-hydrogen) atoms. The quantitative estimate of drug-likeness (QED) is 0.591. The molecule has 182 valence electrons. The summed E-state index contributed by atoms with van der Waals surface area (Å²) >= 11 is 0. The van der Waals surface area contributed by atoms with E-state index in [2.05, 4.69) is 36.2 Å². The Morgan fingerprint density at radius 1 is 1.03 bits per heavy atom. The van der Waals surface area contributed by atoms with Crippen molar-refractivity contribution in [1.82, 2.24) is 10.2 Å². The lowest BCUT2D eigenvalue weighted by molar-refractivity contribution is -0.150. The molecule has 2 amide bonds. The Balaban J connectivity index is 1.23. The third kappa shape index (κ3) is 4.31. The number of nitrogens with zero attached hydrogens (tertiary/aromatic N) is 1. The van der Waals surface area contributed by atoms with Gasteiger partial charge in [0.05, 0.1) is 5.92 Å². The highest BCUT2D eigenvalue weighted by atomic mass is 16.5. The topological polar surface area (TPSA) is 95.9 Å². The van der Waals surface area contributed by atoms with Gasteiger partial charge in [0, 0.05) is 19.0 Å². The fraction of sp³-hybridized carbons (Fsp3) is 0.393. The van der Waals surface area contributed by atoms with Crippen molar-refractivity contribution in [3.8, 4) is 11.1 Å². The Labute approximate surface area is 204 Å². The summed E-state index contributed by atoms with van der Waals surface area (Å²) in [5, 5.41) is 12.3. The molecule has 0 aromatic heterocycles. The molecule has 2 fully saturated rings. The van der Waals surface area contributed by atoms with E-state index in [-0.39, 0.29) is 42.6 Å². The summed E-state index contributed by atoms with van der Waals surface area (Å²) in [7, 11) is 0. The molecule has 2 aromatic carbocycles. The van der Waals surface area contributed by atoms with E-state index in [1.807, 2.05) is 24.3 Å². The molecular formula is C28H30N2O5. The van der Waals surface area contributed by atoms with Crippen molar-refractivity contribution in [3.05, 3.63) is 72.3 Å². The molecule has 2 aliphatic carbocycles. The molecule has 1 saturated heterocycles. The van der Waals surface area contributed by atoms with Crippen LogP contribution in [0.1, 0.15) is 36.3 Å². The maximum absolute atomic E-state index is 13.3. The minimum atomic E-state index is -0.788. The lowest BCUT2D eigenvalue weighted by Gasteiger charge is -2.37. The van der Waals surface area contributed by atoms with Gasteiger partial charge in [0.15, 0.2) is 0 Å². The highest BCUT2D eigenvalue weighted by molar-refractivity contribution is 5.86. The first-order chi connectivity index (χ1) is 17.0. The van der Waals surface area contributed by atoms with Crippen LogP contribution in [0.4, 0.5) is 4.79 Å². The second-order valence-corrected chi connectivity index (χ2v) is 9.75. The number of carbonyl (C=O) groups is 3. The van der Waals surface area contributed by atoms with E-state index in [1.165, 1.54) is 0 Å². The van der Waals surface area contributed by atoms with Crippen LogP contribution < -0.4 is 5.32 Å². The van der Waals surface area contributed by atoms with Crippen LogP contribution in [0.2, 0.25) is 0 Å². The Bertz CT molecular complexity index is 1100. The first-order valence-electron chi connectivity index (χ1n) is 12.2. The molecule has 3 aliphatic rings. The largest absolute Gasteiger partial charge is 0.481 e. The van der Waals surface area contributed by atoms with E-state index in [1.54, 1.807) is 11.0 Å². The number of hydrogen-bond donors (Lipinski definition) is 2. The van der Waals surface area contributed by atoms with Gasteiger partial charge in [-0.3, -0.25) is 9.59 Å². The van der Waals surface area contributed by atoms with Crippen molar-refractivity contribution in [3.63, 3.8) is 0 Å². The van der Waals surface area contributed by atoms with Crippen LogP contribution in [0.3, 0.4) is 0 Å². The van der Waals surface area contributed by atoms with Crippen molar-refractivity contribution < 1.29 is 24.2 Å². The summed E-state index contributed by atoms with van der Waals surface area (Å²) in [6.45, 7) is 4.72. The van der Waals surface area contributed by atoms with Crippen molar-refractivity contribution in [2.45, 2.75) is 31.2 Å². The summed E-state index contributed by atoms with van der Waals surface area (Å²) < 4.78 is 5.62. The molecule has 1 heterocycles. The molecule has 1 aliphatic heterocycles. The predicted octanol–water partition coefficient (Wildman–Crippen LogP) is 4.04. The number of alkyl carbamates (subject to hydrolysis) is 1. The van der Waals surface area contributed by atoms with Crippen molar-refractivity contribution in [2.75, 3.05) is 19.7 Å². The number of nitrogens with one attached hydrogen (secondary N) is 1. The SMILES string of the molecule is C=CCC(NC(=O)OCC1c2ccccc2-c2ccccc21)C(=O)N1CC2CCC(C1)C2C(=O)O. The third-order valence-electron chi connectivity index (χ3n) is 7.77. The molecule has 2 bridgehead atoms. The van der Waals surface area contributed by atoms with Crippen LogP contribution in [-0.2, 0) is 14.3 Å². The Hall–Kier alpha value is -3.61. The maximum Gasteiger partial charge on any atom is 0.407 e. The normalized spacial score (nSPS) is 23.2. The number of amides is 2. The van der Waals surface area contributed by atoms with Gasteiger partial charge >= 0.3 is 12.1 Å². The van der Waals surface area contributed by atoms with Crippen molar-refractivity contribution >= 4 is 18.0 Å². The Morgan fingerprint density at radius 2 is 1.60 bits per heavy atom. The molecule has 1 saturated carbocycles. The lowest BCUT2D eigenvalue weighted by atomic mass is 9.85. The predicted molar refractivity (Wildman–Crippen MR) is 131 cm³/mol. The molecule has 2 N–H and O–H groups in total. The van der Waals surface area contributed by atoms with E-state index >= 15 is 0 Å². The second kappa shape index (κ2) is 9.56. The Morgan fingerprint density at radius 3 is 2.14 bits per heavy atom. The van der Waals surface area contributed by atoms with Crippen LogP contribution >= 0.6 is 0 Å². The summed E-state index contributed by atoms with van der Waals surface area (Å²) in [5.41, 5.74) is 4.54. The molecule has 0 radical (unpaired) electrons. The number of carboxylic acids is 1. The number of fused-ring (bicyclic) bond motifs is 5. The lowest BCUT2D eigenvalue weighted by Crippen LogP contribution is -2.54. The van der Waals surface area contributed by atoms with Crippen LogP contribution in [0.5, 0.6) is 0 Å². The van der Waals surface area contributed by atoms with Gasteiger partial charge in [-0.15, -0.1) is 6.58 Å². The van der Waals surface area contributed by atoms with Gasteiger partial charge in [0.1, 0.15) is 12.6 Å². The molecule has 0 spiro atoms. The molecule has 3 atom stereocenters. The van der Waals surface area contributed by atoms with E-state index in [0.29, 0.717) is 13.1 Å². The van der Waals surface area contributed by atoms with Crippen LogP contribution in [-0.4, -0.2) is 53.7 Å². The van der Waals surface area contributed by atoms with Gasteiger partial charge in [0.2, 0.25) is 5.91 Å². The number of piperidine rings is 1. The number of carbonyl (C=O) groups excluding carboxylic acids is 2. The molecule has 7 heteroatoms. The summed E-state index contributed by atoms with van der Waals surface area (Å²) in [6.07, 6.45) is 2.87. The van der Waals surface area contributed by atoms with Gasteiger partial charge in [-0.1, -0.05) is 54.6 Å². The van der Waals surface area contributed by atoms with Gasteiger partial charge < -0.3 is 20.1 Å². The highest BCUT2D eigenvalue weighted by Crippen LogP contribution is 2.45. The van der Waals surface area contributed by atoms with Crippen LogP contribution in [0.25, 0.3) is 11.1 Å². The van der Waals surface area contributed by atoms with Crippen LogP contribution in [0.15, 0.2) is 61.2 Å². The standard InChI is InChI=1S/C28H30N2O5/c1-2-7-24(26(31)30-14-17-12-13-18(15-30)25(17)27(32)33)29-28(34)35-16-23-21-10-5-3-8-19(21)20-9-4-6-11-22(20)23/h2-6,8-11,17-18,23-25H,1,7,12-16H2,(H,29,34)(H,32,33). The fourth-order valence-corrected chi connectivity index (χ4v) is 6.20. The molecule has 5 rings (SSSR count). The summed E-state index contributed by atoms with van der Waals surface area (Å²) in [6, 6.07) is 15.4. The first kappa shape index (κ1) is 23.1. The Kier molecular flexibility index (Phi) is 6.32. The molecule has 2 aromatic rings. The van der Waals surface area contributed by atoms with Crippen molar-refractivity contribution in [1.29, 1.82) is 0 Å². The fourth-order valence-electron chi connectivity index (χ4n) is 6.20. The summed E-state index contributed by atoms with van der Waals surface area (Å²) in [4.78, 5) is 39.4. The monoisotopic (exact) mass is 474 g/mol. The number of ether oxygens (including phenoxy) is 1. The second-order valence-electron chi connectivity index (χ2n) is 9.75. The number of hydrogen-bond acceptors (Lipinski definition) is 4. The van der Waals surface area contributed by atoms with Gasteiger partial charge in [-0.2, -0.15) is 0 Å². The summed E-state index contributed by atoms with van der Waals surface area (Å²) in [5.74, 6) is -1.49. The number of benzene rings is 2. The minimum absolute atomic E-state index is 0.0333. The average molecular weight is 475 g/mol. The molecule has 3 unspecified atom stereocenters. The number of likely N-dealkylation sites (tertiary alicyclic amines) is 1. The molecular weight excluding hydrogens is 444 g/mol. The smallest absolute Gasteiger partial charge is 0.407 e. The van der Waals surface area contributed by atoms with Gasteiger partial charge in [-0.25, -0.2) is 4.79 Å². The third-order valence-corrected chi connectivity index (χ3v) is 7.77. The van der Waals surface area contributed by atoms with Gasteiger partial charge in [0.25, 0.3) is 0 Å². The number of aliphatic carboxylic acids is 1. The number of rotatable bonds is 7. The van der Waals surface area contributed by atoms with E-state index in [0.717, 1.165) is 35.1 Å².